The molecule has 82 valence electrons. The topological polar surface area (TPSA) is 100 Å². The Hall–Kier alpha value is -1.47. The summed E-state index contributed by atoms with van der Waals surface area (Å²) in [4.78, 5) is 14.5. The van der Waals surface area contributed by atoms with E-state index in [1.54, 1.807) is 0 Å². The second kappa shape index (κ2) is 3.95. The maximum atomic E-state index is 10.7. The van der Waals surface area contributed by atoms with Gasteiger partial charge in [-0.05, 0) is 0 Å². The van der Waals surface area contributed by atoms with Crippen molar-refractivity contribution in [3.8, 4) is 0 Å². The summed E-state index contributed by atoms with van der Waals surface area (Å²) in [6, 6.07) is 0. The third-order valence-corrected chi connectivity index (χ3v) is 2.44. The lowest BCUT2D eigenvalue weighted by molar-refractivity contribution is -0.139. The smallest absolute Gasteiger partial charge is 0.305 e. The van der Waals surface area contributed by atoms with E-state index in [2.05, 4.69) is 25.3 Å². The van der Waals surface area contributed by atoms with Gasteiger partial charge >= 0.3 is 5.97 Å². The maximum Gasteiger partial charge on any atom is 0.305 e. The molecule has 0 unspecified atom stereocenters. The van der Waals surface area contributed by atoms with Crippen molar-refractivity contribution in [3.63, 3.8) is 0 Å². The van der Waals surface area contributed by atoms with Crippen molar-refractivity contribution in [1.29, 1.82) is 0 Å². The molecule has 0 spiro atoms. The Morgan fingerprint density at radius 2 is 2.53 bits per heavy atom. The summed E-state index contributed by atoms with van der Waals surface area (Å²) in [5.41, 5.74) is -0.369. The van der Waals surface area contributed by atoms with E-state index < -0.39 is 5.97 Å². The van der Waals surface area contributed by atoms with Gasteiger partial charge in [-0.15, -0.1) is 0 Å². The summed E-state index contributed by atoms with van der Waals surface area (Å²) < 4.78 is 4.58. The number of hydrogen-bond donors (Lipinski definition) is 3. The van der Waals surface area contributed by atoms with E-state index in [1.807, 2.05) is 0 Å². The molecule has 3 N–H and O–H groups in total. The molecule has 0 bridgehead atoms. The normalized spacial score (nSPS) is 18.4. The van der Waals surface area contributed by atoms with Crippen LogP contribution >= 0.6 is 0 Å². The molecule has 0 atom stereocenters. The number of hydrogen-bond acceptors (Lipinski definition) is 6. The number of aliphatic carboxylic acids is 1. The first-order chi connectivity index (χ1) is 7.20. The molecule has 1 aromatic rings. The summed E-state index contributed by atoms with van der Waals surface area (Å²) in [7, 11) is 0. The second-order valence-corrected chi connectivity index (χ2v) is 3.66. The van der Waals surface area contributed by atoms with Crippen molar-refractivity contribution < 1.29 is 14.4 Å². The molecule has 1 saturated heterocycles. The molecule has 1 fully saturated rings. The quantitative estimate of drug-likeness (QED) is 0.574. The zero-order valence-electron chi connectivity index (χ0n) is 8.06. The Labute approximate surface area is 85.9 Å². The molecule has 1 aliphatic heterocycles. The van der Waals surface area contributed by atoms with Gasteiger partial charge < -0.3 is 20.3 Å². The van der Waals surface area contributed by atoms with Gasteiger partial charge in [-0.3, -0.25) is 4.79 Å². The van der Waals surface area contributed by atoms with Crippen molar-refractivity contribution in [2.75, 3.05) is 13.1 Å². The molecular weight excluding hydrogens is 200 g/mol. The standard InChI is InChI=1S/C8H12N4O3/c13-7(14)1-8(3-9-4-8)11-2-6-10-5-15-12-6/h5,9,11H,1-4H2,(H,13,14). The number of aromatic nitrogens is 2. The third-order valence-electron chi connectivity index (χ3n) is 2.44. The Bertz CT molecular complexity index is 334. The highest BCUT2D eigenvalue weighted by atomic mass is 16.5. The largest absolute Gasteiger partial charge is 0.481 e. The van der Waals surface area contributed by atoms with E-state index in [-0.39, 0.29) is 12.0 Å². The van der Waals surface area contributed by atoms with Crippen molar-refractivity contribution in [3.05, 3.63) is 12.2 Å². The summed E-state index contributed by atoms with van der Waals surface area (Å²) in [5.74, 6) is -0.274. The minimum Gasteiger partial charge on any atom is -0.481 e. The van der Waals surface area contributed by atoms with E-state index in [4.69, 9.17) is 5.11 Å². The first kappa shape index (κ1) is 10.1. The fraction of sp³-hybridized carbons (Fsp3) is 0.625. The van der Waals surface area contributed by atoms with Gasteiger partial charge in [-0.25, -0.2) is 0 Å². The Morgan fingerprint density at radius 3 is 3.00 bits per heavy atom. The zero-order valence-corrected chi connectivity index (χ0v) is 8.06. The molecule has 2 heterocycles. The van der Waals surface area contributed by atoms with Gasteiger partial charge in [0.25, 0.3) is 0 Å². The van der Waals surface area contributed by atoms with Crippen molar-refractivity contribution in [2.45, 2.75) is 18.5 Å². The molecule has 0 aromatic carbocycles. The van der Waals surface area contributed by atoms with E-state index in [0.717, 1.165) is 0 Å². The number of carboxylic acid groups (broad SMARTS) is 1. The first-order valence-corrected chi connectivity index (χ1v) is 4.63. The highest BCUT2D eigenvalue weighted by Crippen LogP contribution is 2.16. The Balaban J connectivity index is 1.88. The van der Waals surface area contributed by atoms with Gasteiger partial charge in [-0.1, -0.05) is 5.16 Å². The molecule has 1 aromatic heterocycles. The van der Waals surface area contributed by atoms with Crippen LogP contribution in [-0.4, -0.2) is 39.8 Å². The molecule has 2 rings (SSSR count). The van der Waals surface area contributed by atoms with Gasteiger partial charge in [0.15, 0.2) is 5.82 Å². The molecule has 0 aliphatic carbocycles. The van der Waals surface area contributed by atoms with Crippen LogP contribution in [0, 0.1) is 0 Å². The number of nitrogens with one attached hydrogen (secondary N) is 2. The van der Waals surface area contributed by atoms with Crippen LogP contribution in [-0.2, 0) is 11.3 Å². The SMILES string of the molecule is O=C(O)CC1(NCc2ncon2)CNC1. The Morgan fingerprint density at radius 1 is 1.73 bits per heavy atom. The monoisotopic (exact) mass is 212 g/mol. The lowest BCUT2D eigenvalue weighted by atomic mass is 9.88. The van der Waals surface area contributed by atoms with Crippen LogP contribution in [0.3, 0.4) is 0 Å². The van der Waals surface area contributed by atoms with Gasteiger partial charge in [0.05, 0.1) is 18.5 Å². The summed E-state index contributed by atoms with van der Waals surface area (Å²) in [6.07, 6.45) is 1.34. The lowest BCUT2D eigenvalue weighted by Gasteiger charge is -2.42. The summed E-state index contributed by atoms with van der Waals surface area (Å²) >= 11 is 0. The van der Waals surface area contributed by atoms with Crippen molar-refractivity contribution in [2.24, 2.45) is 0 Å². The van der Waals surface area contributed by atoms with Gasteiger partial charge in [0.2, 0.25) is 6.39 Å². The Kier molecular flexibility index (Phi) is 2.65. The minimum absolute atomic E-state index is 0.0951. The zero-order chi connectivity index (χ0) is 10.7. The van der Waals surface area contributed by atoms with E-state index in [1.165, 1.54) is 6.39 Å². The molecule has 0 radical (unpaired) electrons. The average molecular weight is 212 g/mol. The fourth-order valence-electron chi connectivity index (χ4n) is 1.57. The van der Waals surface area contributed by atoms with Crippen molar-refractivity contribution >= 4 is 5.97 Å². The second-order valence-electron chi connectivity index (χ2n) is 3.66. The summed E-state index contributed by atoms with van der Waals surface area (Å²) in [5, 5.41) is 18.6. The predicted molar refractivity (Wildman–Crippen MR) is 49.0 cm³/mol. The van der Waals surface area contributed by atoms with E-state index >= 15 is 0 Å². The average Bonchev–Trinajstić information content (AvgIpc) is 2.61. The highest BCUT2D eigenvalue weighted by Gasteiger charge is 2.38. The predicted octanol–water partition coefficient (Wildman–Crippen LogP) is -1.02. The number of carbonyl (C=O) groups is 1. The number of rotatable bonds is 5. The van der Waals surface area contributed by atoms with Crippen molar-refractivity contribution in [1.82, 2.24) is 20.8 Å². The molecule has 1 aliphatic rings. The molecule has 7 heteroatoms. The number of nitrogens with zero attached hydrogens (tertiary/aromatic N) is 2. The number of carboxylic acids is 1. The highest BCUT2D eigenvalue weighted by molar-refractivity contribution is 5.68. The molecule has 15 heavy (non-hydrogen) atoms. The van der Waals surface area contributed by atoms with Gasteiger partial charge in [-0.2, -0.15) is 4.98 Å². The first-order valence-electron chi connectivity index (χ1n) is 4.63. The lowest BCUT2D eigenvalue weighted by Crippen LogP contribution is -2.68. The van der Waals surface area contributed by atoms with Crippen LogP contribution < -0.4 is 10.6 Å². The summed E-state index contributed by atoms with van der Waals surface area (Å²) in [6.45, 7) is 1.72. The van der Waals surface area contributed by atoms with Gasteiger partial charge in [0.1, 0.15) is 0 Å². The fourth-order valence-corrected chi connectivity index (χ4v) is 1.57. The minimum atomic E-state index is -0.808. The van der Waals surface area contributed by atoms with Gasteiger partial charge in [0, 0.05) is 13.1 Å². The van der Waals surface area contributed by atoms with Crippen LogP contribution in [0.25, 0.3) is 0 Å². The van der Waals surface area contributed by atoms with Crippen LogP contribution in [0.1, 0.15) is 12.2 Å². The van der Waals surface area contributed by atoms with Crippen LogP contribution in [0.4, 0.5) is 0 Å². The molecule has 7 nitrogen and oxygen atoms in total. The molecular formula is C8H12N4O3. The third kappa shape index (κ3) is 2.31. The molecule has 0 saturated carbocycles. The molecule has 0 amide bonds. The van der Waals surface area contributed by atoms with Crippen LogP contribution in [0.15, 0.2) is 10.9 Å². The van der Waals surface area contributed by atoms with E-state index in [9.17, 15) is 4.79 Å². The van der Waals surface area contributed by atoms with Crippen LogP contribution in [0.2, 0.25) is 0 Å². The van der Waals surface area contributed by atoms with Crippen LogP contribution in [0.5, 0.6) is 0 Å². The maximum absolute atomic E-state index is 10.7. The van der Waals surface area contributed by atoms with E-state index in [0.29, 0.717) is 25.5 Å².